The van der Waals surface area contributed by atoms with Gasteiger partial charge in [-0.2, -0.15) is 0 Å². The topological polar surface area (TPSA) is 38.7 Å². The maximum Gasteiger partial charge on any atom is 0.164 e. The molecule has 6 aromatic rings. The van der Waals surface area contributed by atoms with Gasteiger partial charge in [0, 0.05) is 22.1 Å². The SMILES string of the molecule is CC1(C)c2ccccc2-c2cc(-c3cccc(-c4nc(-c5ccc([Si](C)(C)C)cc5)nc(-c5ccc([Si](C)(C)C)cc5)n4)c3)ccc21. The molecule has 234 valence electrons. The van der Waals surface area contributed by atoms with Crippen LogP contribution in [0, 0.1) is 0 Å². The van der Waals surface area contributed by atoms with Crippen molar-refractivity contribution in [2.24, 2.45) is 0 Å². The molecule has 1 heterocycles. The summed E-state index contributed by atoms with van der Waals surface area (Å²) in [5.74, 6) is 2.08. The maximum atomic E-state index is 5.09. The van der Waals surface area contributed by atoms with Crippen molar-refractivity contribution in [2.75, 3.05) is 0 Å². The highest BCUT2D eigenvalue weighted by atomic mass is 28.3. The summed E-state index contributed by atoms with van der Waals surface area (Å²) in [5, 5.41) is 2.84. The summed E-state index contributed by atoms with van der Waals surface area (Å²) < 4.78 is 0. The second kappa shape index (κ2) is 11.4. The van der Waals surface area contributed by atoms with Crippen LogP contribution >= 0.6 is 0 Å². The minimum Gasteiger partial charge on any atom is -0.208 e. The van der Waals surface area contributed by atoms with E-state index in [1.807, 2.05) is 0 Å². The zero-order valence-corrected chi connectivity index (χ0v) is 30.8. The van der Waals surface area contributed by atoms with E-state index in [4.69, 9.17) is 15.0 Å². The molecule has 0 fully saturated rings. The molecule has 3 nitrogen and oxygen atoms in total. The molecular formula is C42H43N3Si2. The van der Waals surface area contributed by atoms with Gasteiger partial charge in [-0.1, -0.05) is 167 Å². The number of benzene rings is 5. The molecule has 0 N–H and O–H groups in total. The summed E-state index contributed by atoms with van der Waals surface area (Å²) in [6.45, 7) is 18.9. The van der Waals surface area contributed by atoms with Crippen LogP contribution in [0.2, 0.25) is 39.3 Å². The van der Waals surface area contributed by atoms with Crippen LogP contribution in [0.15, 0.2) is 115 Å². The lowest BCUT2D eigenvalue weighted by Gasteiger charge is -2.21. The van der Waals surface area contributed by atoms with Crippen molar-refractivity contribution in [1.29, 1.82) is 0 Å². The third kappa shape index (κ3) is 5.83. The van der Waals surface area contributed by atoms with E-state index < -0.39 is 16.1 Å². The smallest absolute Gasteiger partial charge is 0.164 e. The van der Waals surface area contributed by atoms with Gasteiger partial charge in [0.05, 0.1) is 16.1 Å². The third-order valence-electron chi connectivity index (χ3n) is 9.69. The molecule has 0 amide bonds. The van der Waals surface area contributed by atoms with E-state index in [0.29, 0.717) is 17.5 Å². The quantitative estimate of drug-likeness (QED) is 0.169. The van der Waals surface area contributed by atoms with E-state index >= 15 is 0 Å². The minimum atomic E-state index is -1.43. The Kier molecular flexibility index (Phi) is 7.53. The lowest BCUT2D eigenvalue weighted by molar-refractivity contribution is 0.660. The Bertz CT molecular complexity index is 2040. The molecule has 5 aromatic carbocycles. The van der Waals surface area contributed by atoms with Gasteiger partial charge in [0.2, 0.25) is 0 Å². The van der Waals surface area contributed by atoms with Crippen LogP contribution in [0.1, 0.15) is 25.0 Å². The normalized spacial score (nSPS) is 13.7. The van der Waals surface area contributed by atoms with Crippen LogP contribution in [0.3, 0.4) is 0 Å². The molecule has 0 aliphatic heterocycles. The van der Waals surface area contributed by atoms with Gasteiger partial charge in [0.1, 0.15) is 0 Å². The summed E-state index contributed by atoms with van der Waals surface area (Å²) in [5.41, 5.74) is 10.7. The zero-order chi connectivity index (χ0) is 33.1. The Morgan fingerprint density at radius 2 is 0.851 bits per heavy atom. The highest BCUT2D eigenvalue weighted by molar-refractivity contribution is 6.89. The van der Waals surface area contributed by atoms with E-state index in [-0.39, 0.29) is 5.41 Å². The number of nitrogens with zero attached hydrogens (tertiary/aromatic N) is 3. The predicted molar refractivity (Wildman–Crippen MR) is 205 cm³/mol. The van der Waals surface area contributed by atoms with Crippen molar-refractivity contribution in [3.63, 3.8) is 0 Å². The van der Waals surface area contributed by atoms with Crippen molar-refractivity contribution in [3.05, 3.63) is 126 Å². The average Bonchev–Trinajstić information content (AvgIpc) is 3.30. The third-order valence-corrected chi connectivity index (χ3v) is 13.8. The number of aromatic nitrogens is 3. The van der Waals surface area contributed by atoms with Crippen molar-refractivity contribution in [3.8, 4) is 56.4 Å². The van der Waals surface area contributed by atoms with Crippen molar-refractivity contribution in [2.45, 2.75) is 58.5 Å². The summed E-state index contributed by atoms with van der Waals surface area (Å²) in [4.78, 5) is 15.2. The molecule has 0 saturated carbocycles. The molecule has 0 spiro atoms. The predicted octanol–water partition coefficient (Wildman–Crippen LogP) is 9.94. The van der Waals surface area contributed by atoms with E-state index in [0.717, 1.165) is 22.3 Å². The van der Waals surface area contributed by atoms with Gasteiger partial charge in [-0.15, -0.1) is 0 Å². The molecule has 47 heavy (non-hydrogen) atoms. The number of fused-ring (bicyclic) bond motifs is 3. The van der Waals surface area contributed by atoms with E-state index in [1.165, 1.54) is 38.2 Å². The number of hydrogen-bond acceptors (Lipinski definition) is 3. The van der Waals surface area contributed by atoms with Crippen LogP contribution in [-0.2, 0) is 5.41 Å². The molecular weight excluding hydrogens is 603 g/mol. The average molecular weight is 646 g/mol. The first-order valence-corrected chi connectivity index (χ1v) is 23.6. The van der Waals surface area contributed by atoms with E-state index in [2.05, 4.69) is 168 Å². The Hall–Kier alpha value is -4.46. The summed E-state index contributed by atoms with van der Waals surface area (Å²) in [6, 6.07) is 42.1. The Labute approximate surface area is 281 Å². The zero-order valence-electron chi connectivity index (χ0n) is 28.8. The number of rotatable bonds is 6. The molecule has 1 aliphatic carbocycles. The first-order valence-electron chi connectivity index (χ1n) is 16.6. The minimum absolute atomic E-state index is 0.00940. The second-order valence-corrected chi connectivity index (χ2v) is 25.6. The summed E-state index contributed by atoms with van der Waals surface area (Å²) in [7, 11) is -2.86. The van der Waals surface area contributed by atoms with Crippen molar-refractivity contribution >= 4 is 26.5 Å². The Morgan fingerprint density at radius 3 is 1.40 bits per heavy atom. The molecule has 0 unspecified atom stereocenters. The maximum absolute atomic E-state index is 5.09. The molecule has 1 aromatic heterocycles. The van der Waals surface area contributed by atoms with Crippen molar-refractivity contribution in [1.82, 2.24) is 15.0 Å². The standard InChI is InChI=1S/C42H43N3Si2/c1-42(2)37-15-10-9-14-35(37)36-27-31(20-25-38(36)42)30-12-11-13-32(26-30)41-44-39(28-16-21-33(22-17-28)46(3,4)5)43-40(45-41)29-18-23-34(24-19-29)47(6,7)8/h9-27H,1-8H3. The first-order chi connectivity index (χ1) is 22.3. The van der Waals surface area contributed by atoms with Crippen LogP contribution in [0.4, 0.5) is 0 Å². The summed E-state index contributed by atoms with van der Waals surface area (Å²) >= 11 is 0. The Balaban J connectivity index is 1.33. The van der Waals surface area contributed by atoms with Gasteiger partial charge in [-0.3, -0.25) is 0 Å². The van der Waals surface area contributed by atoms with Crippen molar-refractivity contribution < 1.29 is 0 Å². The number of hydrogen-bond donors (Lipinski definition) is 0. The van der Waals surface area contributed by atoms with Crippen LogP contribution in [-0.4, -0.2) is 31.1 Å². The Morgan fingerprint density at radius 1 is 0.404 bits per heavy atom. The monoisotopic (exact) mass is 645 g/mol. The fraction of sp³-hybridized carbons (Fsp3) is 0.214. The fourth-order valence-electron chi connectivity index (χ4n) is 6.74. The highest BCUT2D eigenvalue weighted by Crippen LogP contribution is 2.49. The lowest BCUT2D eigenvalue weighted by atomic mass is 9.82. The van der Waals surface area contributed by atoms with Crippen LogP contribution < -0.4 is 10.4 Å². The molecule has 7 rings (SSSR count). The molecule has 0 saturated heterocycles. The van der Waals surface area contributed by atoms with Gasteiger partial charge < -0.3 is 0 Å². The van der Waals surface area contributed by atoms with E-state index in [1.54, 1.807) is 0 Å². The summed E-state index contributed by atoms with van der Waals surface area (Å²) in [6.07, 6.45) is 0. The lowest BCUT2D eigenvalue weighted by Crippen LogP contribution is -2.37. The van der Waals surface area contributed by atoms with Gasteiger partial charge in [-0.25, -0.2) is 15.0 Å². The molecule has 1 aliphatic rings. The molecule has 5 heteroatoms. The van der Waals surface area contributed by atoms with E-state index in [9.17, 15) is 0 Å². The fourth-order valence-corrected chi connectivity index (χ4v) is 9.07. The van der Waals surface area contributed by atoms with Crippen LogP contribution in [0.25, 0.3) is 56.4 Å². The van der Waals surface area contributed by atoms with Gasteiger partial charge in [-0.05, 0) is 45.5 Å². The molecule has 0 radical (unpaired) electrons. The largest absolute Gasteiger partial charge is 0.208 e. The molecule has 0 atom stereocenters. The van der Waals surface area contributed by atoms with Gasteiger partial charge in [0.15, 0.2) is 17.5 Å². The van der Waals surface area contributed by atoms with Gasteiger partial charge >= 0.3 is 0 Å². The van der Waals surface area contributed by atoms with Crippen LogP contribution in [0.5, 0.6) is 0 Å². The first kappa shape index (κ1) is 31.2. The second-order valence-electron chi connectivity index (χ2n) is 15.5. The van der Waals surface area contributed by atoms with Gasteiger partial charge in [0.25, 0.3) is 0 Å². The highest BCUT2D eigenvalue weighted by Gasteiger charge is 2.35. The molecule has 0 bridgehead atoms.